The Hall–Kier alpha value is 0.137. The van der Waals surface area contributed by atoms with E-state index < -0.39 is 8.32 Å². The highest BCUT2D eigenvalue weighted by Gasteiger charge is 2.45. The molecule has 0 aromatic heterocycles. The highest BCUT2D eigenvalue weighted by molar-refractivity contribution is 6.77. The van der Waals surface area contributed by atoms with Gasteiger partial charge in [-0.3, -0.25) is 0 Å². The van der Waals surface area contributed by atoms with Crippen molar-refractivity contribution in [3.8, 4) is 0 Å². The minimum absolute atomic E-state index is 0.705. The molecule has 1 rings (SSSR count). The minimum Gasteiger partial charge on any atom is -0.416 e. The van der Waals surface area contributed by atoms with Gasteiger partial charge in [0.2, 0.25) is 0 Å². The molecular weight excluding hydrogens is 250 g/mol. The van der Waals surface area contributed by atoms with Crippen molar-refractivity contribution in [3.63, 3.8) is 0 Å². The van der Waals surface area contributed by atoms with Gasteiger partial charge in [-0.15, -0.1) is 0 Å². The van der Waals surface area contributed by atoms with Gasteiger partial charge in [-0.1, -0.05) is 41.5 Å². The summed E-state index contributed by atoms with van der Waals surface area (Å²) in [7, 11) is 2.76. The fraction of sp³-hybridized carbons (Fsp3) is 1.00. The maximum atomic E-state index is 6.61. The lowest BCUT2D eigenvalue weighted by molar-refractivity contribution is 0.257. The molecule has 0 saturated heterocycles. The van der Waals surface area contributed by atoms with Gasteiger partial charge in [-0.05, 0) is 49.5 Å². The molecule has 0 radical (unpaired) electrons. The molecule has 114 valence electrons. The SMILES string of the molecule is CC(C)[Si](OCC[C@@H]1CC1N(C)C)(C(C)C)C(C)C. The third kappa shape index (κ3) is 3.83. The molecule has 0 heterocycles. The Morgan fingerprint density at radius 1 is 1.00 bits per heavy atom. The van der Waals surface area contributed by atoms with E-state index in [4.69, 9.17) is 4.43 Å². The molecule has 2 atom stereocenters. The fourth-order valence-corrected chi connectivity index (χ4v) is 9.53. The van der Waals surface area contributed by atoms with E-state index >= 15 is 0 Å². The van der Waals surface area contributed by atoms with Crippen LogP contribution in [-0.4, -0.2) is 40.0 Å². The van der Waals surface area contributed by atoms with Crippen LogP contribution in [0.2, 0.25) is 16.6 Å². The second-order valence-corrected chi connectivity index (χ2v) is 12.9. The Kier molecular flexibility index (Phi) is 6.09. The van der Waals surface area contributed by atoms with Crippen LogP contribution < -0.4 is 0 Å². The van der Waals surface area contributed by atoms with Gasteiger partial charge in [0.1, 0.15) is 0 Å². The molecule has 1 aliphatic rings. The molecular formula is C16H35NOSi. The molecule has 0 aliphatic heterocycles. The third-order valence-corrected chi connectivity index (χ3v) is 11.2. The summed E-state index contributed by atoms with van der Waals surface area (Å²) in [5, 5.41) is 0. The maximum absolute atomic E-state index is 6.61. The van der Waals surface area contributed by atoms with E-state index in [2.05, 4.69) is 60.5 Å². The van der Waals surface area contributed by atoms with Gasteiger partial charge in [-0.25, -0.2) is 0 Å². The first-order chi connectivity index (χ1) is 8.73. The second-order valence-electron chi connectivity index (χ2n) is 7.48. The van der Waals surface area contributed by atoms with Gasteiger partial charge >= 0.3 is 0 Å². The summed E-state index contributed by atoms with van der Waals surface area (Å²) in [5.74, 6) is 0.883. The van der Waals surface area contributed by atoms with E-state index in [0.717, 1.165) is 18.6 Å². The summed E-state index contributed by atoms with van der Waals surface area (Å²) in [5.41, 5.74) is 2.11. The maximum Gasteiger partial charge on any atom is 0.200 e. The zero-order chi connectivity index (χ0) is 14.8. The minimum atomic E-state index is -1.63. The van der Waals surface area contributed by atoms with Crippen LogP contribution in [0.5, 0.6) is 0 Å². The lowest BCUT2D eigenvalue weighted by Crippen LogP contribution is -2.48. The van der Waals surface area contributed by atoms with Crippen LogP contribution in [0.15, 0.2) is 0 Å². The fourth-order valence-electron chi connectivity index (χ4n) is 4.06. The molecule has 0 bridgehead atoms. The van der Waals surface area contributed by atoms with Gasteiger partial charge < -0.3 is 9.33 Å². The Morgan fingerprint density at radius 2 is 1.47 bits per heavy atom. The van der Waals surface area contributed by atoms with Crippen LogP contribution >= 0.6 is 0 Å². The smallest absolute Gasteiger partial charge is 0.200 e. The van der Waals surface area contributed by atoms with Crippen molar-refractivity contribution >= 4 is 8.32 Å². The quantitative estimate of drug-likeness (QED) is 0.608. The first kappa shape index (κ1) is 17.2. The first-order valence-corrected chi connectivity index (χ1v) is 10.2. The van der Waals surface area contributed by atoms with Crippen LogP contribution in [-0.2, 0) is 4.43 Å². The standard InChI is InChI=1S/C16H35NOSi/c1-12(2)19(13(3)4,14(5)6)18-10-9-15-11-16(15)17(7)8/h12-16H,9-11H2,1-8H3/t15-,16?/m1/s1. The Balaban J connectivity index is 2.51. The molecule has 3 heteroatoms. The van der Waals surface area contributed by atoms with Crippen molar-refractivity contribution in [1.82, 2.24) is 4.90 Å². The van der Waals surface area contributed by atoms with Crippen LogP contribution in [0.3, 0.4) is 0 Å². The Labute approximate surface area is 122 Å². The van der Waals surface area contributed by atoms with Crippen molar-refractivity contribution in [2.45, 2.75) is 77.0 Å². The van der Waals surface area contributed by atoms with Crippen LogP contribution in [0.1, 0.15) is 54.4 Å². The molecule has 2 nitrogen and oxygen atoms in total. The molecule has 0 aromatic carbocycles. The highest BCUT2D eigenvalue weighted by atomic mass is 28.4. The third-order valence-electron chi connectivity index (χ3n) is 5.10. The summed E-state index contributed by atoms with van der Waals surface area (Å²) in [6.45, 7) is 15.2. The summed E-state index contributed by atoms with van der Waals surface area (Å²) >= 11 is 0. The van der Waals surface area contributed by atoms with Crippen LogP contribution in [0.25, 0.3) is 0 Å². The van der Waals surface area contributed by atoms with Crippen LogP contribution in [0.4, 0.5) is 0 Å². The Morgan fingerprint density at radius 3 is 1.79 bits per heavy atom. The van der Waals surface area contributed by atoms with Gasteiger partial charge in [0, 0.05) is 12.6 Å². The van der Waals surface area contributed by atoms with Crippen molar-refractivity contribution < 1.29 is 4.43 Å². The molecule has 1 aliphatic carbocycles. The second kappa shape index (κ2) is 6.73. The summed E-state index contributed by atoms with van der Waals surface area (Å²) in [6, 6.07) is 0.816. The summed E-state index contributed by atoms with van der Waals surface area (Å²) in [4.78, 5) is 2.36. The average molecular weight is 286 g/mol. The molecule has 1 unspecified atom stereocenters. The van der Waals surface area contributed by atoms with Crippen molar-refractivity contribution in [2.24, 2.45) is 5.92 Å². The van der Waals surface area contributed by atoms with E-state index in [1.807, 2.05) is 0 Å². The number of rotatable bonds is 8. The highest BCUT2D eigenvalue weighted by Crippen LogP contribution is 2.43. The summed E-state index contributed by atoms with van der Waals surface area (Å²) < 4.78 is 6.61. The van der Waals surface area contributed by atoms with E-state index in [0.29, 0.717) is 16.6 Å². The molecule has 0 spiro atoms. The Bertz CT molecular complexity index is 254. The van der Waals surface area contributed by atoms with E-state index in [-0.39, 0.29) is 0 Å². The van der Waals surface area contributed by atoms with E-state index in [1.54, 1.807) is 0 Å². The number of nitrogens with zero attached hydrogens (tertiary/aromatic N) is 1. The first-order valence-electron chi connectivity index (χ1n) is 8.03. The summed E-state index contributed by atoms with van der Waals surface area (Å²) in [6.07, 6.45) is 2.62. The zero-order valence-corrected chi connectivity index (χ0v) is 15.4. The van der Waals surface area contributed by atoms with Gasteiger partial charge in [0.15, 0.2) is 8.32 Å². The topological polar surface area (TPSA) is 12.5 Å². The van der Waals surface area contributed by atoms with Gasteiger partial charge in [0.25, 0.3) is 0 Å². The average Bonchev–Trinajstić information content (AvgIpc) is 3.02. The van der Waals surface area contributed by atoms with Crippen molar-refractivity contribution in [3.05, 3.63) is 0 Å². The van der Waals surface area contributed by atoms with Crippen molar-refractivity contribution in [1.29, 1.82) is 0 Å². The lowest BCUT2D eigenvalue weighted by atomic mass is 10.3. The molecule has 1 fully saturated rings. The van der Waals surface area contributed by atoms with Crippen molar-refractivity contribution in [2.75, 3.05) is 20.7 Å². The number of hydrogen-bond donors (Lipinski definition) is 0. The predicted molar refractivity (Wildman–Crippen MR) is 87.2 cm³/mol. The normalized spacial score (nSPS) is 24.0. The molecule has 0 aromatic rings. The molecule has 1 saturated carbocycles. The molecule has 0 N–H and O–H groups in total. The number of hydrogen-bond acceptors (Lipinski definition) is 2. The van der Waals surface area contributed by atoms with Crippen LogP contribution in [0, 0.1) is 5.92 Å². The zero-order valence-electron chi connectivity index (χ0n) is 14.4. The van der Waals surface area contributed by atoms with E-state index in [9.17, 15) is 0 Å². The van der Waals surface area contributed by atoms with Gasteiger partial charge in [-0.2, -0.15) is 0 Å². The lowest BCUT2D eigenvalue weighted by Gasteiger charge is -2.42. The molecule has 19 heavy (non-hydrogen) atoms. The van der Waals surface area contributed by atoms with E-state index in [1.165, 1.54) is 12.8 Å². The molecule has 0 amide bonds. The largest absolute Gasteiger partial charge is 0.416 e. The van der Waals surface area contributed by atoms with Gasteiger partial charge in [0.05, 0.1) is 0 Å². The monoisotopic (exact) mass is 285 g/mol. The predicted octanol–water partition coefficient (Wildman–Crippen LogP) is 4.52.